The third kappa shape index (κ3) is 7.18. The molecule has 16 heavy (non-hydrogen) atoms. The molecule has 0 bridgehead atoms. The van der Waals surface area contributed by atoms with Crippen molar-refractivity contribution < 1.29 is 32.1 Å². The van der Waals surface area contributed by atoms with Crippen LogP contribution >= 0.6 is 11.6 Å². The molecule has 0 heterocycles. The van der Waals surface area contributed by atoms with Gasteiger partial charge in [-0.2, -0.15) is 4.90 Å². The van der Waals surface area contributed by atoms with Gasteiger partial charge in [0, 0.05) is 11.5 Å². The predicted octanol–water partition coefficient (Wildman–Crippen LogP) is 3.77. The van der Waals surface area contributed by atoms with Crippen molar-refractivity contribution in [2.75, 3.05) is 0 Å². The first kappa shape index (κ1) is 15.9. The SMILES string of the molecule is ClC1=CC=C=C[CH]1.Fc1ccc([S-])cc1.[Hg+]. The number of hydrogen-bond acceptors (Lipinski definition) is 1. The van der Waals surface area contributed by atoms with E-state index in [2.05, 4.69) is 5.73 Å². The van der Waals surface area contributed by atoms with Crippen molar-refractivity contribution in [1.82, 2.24) is 0 Å². The van der Waals surface area contributed by atoms with Crippen molar-refractivity contribution in [2.45, 2.75) is 4.90 Å². The monoisotopic (exact) mass is 440 g/mol. The van der Waals surface area contributed by atoms with E-state index in [0.717, 1.165) is 5.03 Å². The fourth-order valence-corrected chi connectivity index (χ4v) is 1.06. The molecule has 0 aliphatic heterocycles. The Morgan fingerprint density at radius 3 is 2.06 bits per heavy atom. The Hall–Kier alpha value is -0.145. The fourth-order valence-electron chi connectivity index (χ4n) is 0.801. The zero-order chi connectivity index (χ0) is 11.1. The van der Waals surface area contributed by atoms with Gasteiger partial charge in [0.1, 0.15) is 5.82 Å². The molecule has 0 aromatic heterocycles. The van der Waals surface area contributed by atoms with Gasteiger partial charge in [-0.05, 0) is 30.4 Å². The average molecular weight is 439 g/mol. The normalized spacial score (nSPS) is 12.0. The first-order valence-corrected chi connectivity index (χ1v) is 5.01. The molecule has 0 unspecified atom stereocenters. The van der Waals surface area contributed by atoms with Crippen molar-refractivity contribution in [1.29, 1.82) is 0 Å². The minimum absolute atomic E-state index is 0. The zero-order valence-electron chi connectivity index (χ0n) is 8.49. The standard InChI is InChI=1S/C6H4Cl.C6H5FS.Hg/c7-6-4-2-1-3-5-6;7-5-1-3-6(8)4-2-5;/h2-5H;1-4,8H;/q;;+1/p-1. The molecular formula is C12H8ClFHgS. The van der Waals surface area contributed by atoms with Gasteiger partial charge >= 0.3 is 27.7 Å². The Bertz CT molecular complexity index is 385. The van der Waals surface area contributed by atoms with Crippen molar-refractivity contribution in [3.8, 4) is 0 Å². The van der Waals surface area contributed by atoms with Gasteiger partial charge in [-0.3, -0.25) is 0 Å². The summed E-state index contributed by atoms with van der Waals surface area (Å²) in [6, 6.07) is 5.82. The quantitative estimate of drug-likeness (QED) is 0.337. The second-order valence-corrected chi connectivity index (χ2v) is 3.58. The van der Waals surface area contributed by atoms with Crippen LogP contribution in [0.5, 0.6) is 0 Å². The van der Waals surface area contributed by atoms with Crippen LogP contribution in [-0.2, 0) is 40.3 Å². The molecular weight excluding hydrogens is 431 g/mol. The van der Waals surface area contributed by atoms with Gasteiger partial charge in [-0.1, -0.05) is 23.7 Å². The molecule has 0 saturated carbocycles. The fraction of sp³-hybridized carbons (Fsp3) is 0. The zero-order valence-corrected chi connectivity index (χ0v) is 15.6. The summed E-state index contributed by atoms with van der Waals surface area (Å²) in [4.78, 5) is 0.673. The maximum absolute atomic E-state index is 12.0. The molecule has 1 aliphatic carbocycles. The average Bonchev–Trinajstić information content (AvgIpc) is 2.25. The van der Waals surface area contributed by atoms with Crippen LogP contribution in [0.15, 0.2) is 58.2 Å². The summed E-state index contributed by atoms with van der Waals surface area (Å²) in [5.41, 5.74) is 2.85. The van der Waals surface area contributed by atoms with Crippen molar-refractivity contribution in [3.05, 3.63) is 65.5 Å². The van der Waals surface area contributed by atoms with Crippen LogP contribution in [0.3, 0.4) is 0 Å². The van der Waals surface area contributed by atoms with Gasteiger partial charge in [0.2, 0.25) is 0 Å². The van der Waals surface area contributed by atoms with Crippen LogP contribution < -0.4 is 0 Å². The first-order chi connectivity index (χ1) is 7.18. The number of halogens is 2. The van der Waals surface area contributed by atoms with Gasteiger partial charge in [-0.25, -0.2) is 4.39 Å². The van der Waals surface area contributed by atoms with Crippen LogP contribution in [0, 0.1) is 12.2 Å². The number of hydrogen-bond donors (Lipinski definition) is 0. The van der Waals surface area contributed by atoms with Gasteiger partial charge in [0.25, 0.3) is 0 Å². The van der Waals surface area contributed by atoms with Crippen molar-refractivity contribution in [2.24, 2.45) is 0 Å². The molecule has 0 fully saturated rings. The van der Waals surface area contributed by atoms with Crippen LogP contribution in [0.1, 0.15) is 0 Å². The van der Waals surface area contributed by atoms with E-state index in [1.807, 2.05) is 0 Å². The van der Waals surface area contributed by atoms with Gasteiger partial charge in [0.15, 0.2) is 0 Å². The molecule has 4 heteroatoms. The van der Waals surface area contributed by atoms with Gasteiger partial charge in [-0.15, -0.1) is 5.73 Å². The Kier molecular flexibility index (Phi) is 8.86. The van der Waals surface area contributed by atoms with E-state index in [1.54, 1.807) is 36.8 Å². The Labute approximate surface area is 126 Å². The molecule has 0 spiro atoms. The van der Waals surface area contributed by atoms with E-state index in [-0.39, 0.29) is 33.5 Å². The summed E-state index contributed by atoms with van der Waals surface area (Å²) < 4.78 is 12.0. The third-order valence-electron chi connectivity index (χ3n) is 1.49. The Morgan fingerprint density at radius 1 is 1.12 bits per heavy atom. The summed E-state index contributed by atoms with van der Waals surface area (Å²) in [6.45, 7) is 0. The van der Waals surface area contributed by atoms with E-state index in [4.69, 9.17) is 24.2 Å². The minimum Gasteiger partial charge on any atom is -0.780 e. The van der Waals surface area contributed by atoms with Crippen LogP contribution in [0.4, 0.5) is 4.39 Å². The van der Waals surface area contributed by atoms with E-state index in [9.17, 15) is 4.39 Å². The Balaban J connectivity index is 0.000000267. The summed E-state index contributed by atoms with van der Waals surface area (Å²) >= 11 is 10.2. The number of rotatable bonds is 0. The molecule has 1 aromatic rings. The smallest absolute Gasteiger partial charge is 0.780 e. The van der Waals surface area contributed by atoms with Gasteiger partial charge in [0.05, 0.1) is 0 Å². The molecule has 78 valence electrons. The topological polar surface area (TPSA) is 0 Å². The molecule has 0 atom stereocenters. The van der Waals surface area contributed by atoms with Crippen LogP contribution in [-0.4, -0.2) is 0 Å². The molecule has 2 rings (SSSR count). The summed E-state index contributed by atoms with van der Waals surface area (Å²) in [6.07, 6.45) is 7.15. The maximum Gasteiger partial charge on any atom is 1.00 e. The molecule has 2 radical (unpaired) electrons. The van der Waals surface area contributed by atoms with Crippen molar-refractivity contribution >= 4 is 24.2 Å². The molecule has 0 saturated heterocycles. The first-order valence-electron chi connectivity index (χ1n) is 4.22. The second kappa shape index (κ2) is 8.94. The van der Waals surface area contributed by atoms with E-state index >= 15 is 0 Å². The largest absolute Gasteiger partial charge is 1.00 e. The molecule has 0 amide bonds. The second-order valence-electron chi connectivity index (χ2n) is 2.67. The molecule has 0 N–H and O–H groups in total. The van der Waals surface area contributed by atoms with E-state index in [1.165, 1.54) is 12.1 Å². The van der Waals surface area contributed by atoms with Crippen LogP contribution in [0.2, 0.25) is 0 Å². The number of allylic oxidation sites excluding steroid dienone is 3. The molecule has 1 aliphatic rings. The molecule has 1 aromatic carbocycles. The van der Waals surface area contributed by atoms with E-state index < -0.39 is 0 Å². The van der Waals surface area contributed by atoms with Crippen molar-refractivity contribution in [3.63, 3.8) is 0 Å². The summed E-state index contributed by atoms with van der Waals surface area (Å²) in [5.74, 6) is -0.237. The number of benzene rings is 1. The Morgan fingerprint density at radius 2 is 1.75 bits per heavy atom. The predicted molar refractivity (Wildman–Crippen MR) is 62.9 cm³/mol. The summed E-state index contributed by atoms with van der Waals surface area (Å²) in [7, 11) is 0. The van der Waals surface area contributed by atoms with Gasteiger partial charge < -0.3 is 12.6 Å². The summed E-state index contributed by atoms with van der Waals surface area (Å²) in [5, 5.41) is 0.763. The third-order valence-corrected chi connectivity index (χ3v) is 2.02. The van der Waals surface area contributed by atoms with Crippen LogP contribution in [0.25, 0.3) is 0 Å². The molecule has 0 nitrogen and oxygen atoms in total. The van der Waals surface area contributed by atoms with E-state index in [0.29, 0.717) is 4.90 Å². The minimum atomic E-state index is -0.237. The maximum atomic E-state index is 12.0.